The van der Waals surface area contributed by atoms with Crippen molar-refractivity contribution in [3.63, 3.8) is 0 Å². The van der Waals surface area contributed by atoms with Crippen LogP contribution in [0.5, 0.6) is 0 Å². The smallest absolute Gasteiger partial charge is 0.326 e. The number of carbonyl (C=O) groups excluding carboxylic acids is 2. The minimum absolute atomic E-state index is 0.238. The van der Waals surface area contributed by atoms with Gasteiger partial charge in [0.05, 0.1) is 0 Å². The number of benzene rings is 1. The number of hydrogen-bond acceptors (Lipinski definition) is 3. The highest BCUT2D eigenvalue weighted by atomic mass is 16.4. The van der Waals surface area contributed by atoms with Gasteiger partial charge in [0.15, 0.2) is 0 Å². The molecule has 0 aliphatic rings. The van der Waals surface area contributed by atoms with Gasteiger partial charge in [-0.05, 0) is 30.5 Å². The number of carboxylic acid groups (broad SMARTS) is 1. The molecule has 6 nitrogen and oxygen atoms in total. The molecule has 0 aliphatic carbocycles. The van der Waals surface area contributed by atoms with E-state index >= 15 is 0 Å². The summed E-state index contributed by atoms with van der Waals surface area (Å²) in [6, 6.07) is 5.25. The first kappa shape index (κ1) is 17.7. The molecule has 0 bridgehead atoms. The lowest BCUT2D eigenvalue weighted by Crippen LogP contribution is -2.44. The first-order chi connectivity index (χ1) is 10.4. The van der Waals surface area contributed by atoms with Gasteiger partial charge in [-0.2, -0.15) is 0 Å². The van der Waals surface area contributed by atoms with E-state index in [1.807, 2.05) is 6.92 Å². The molecule has 0 heterocycles. The van der Waals surface area contributed by atoms with Crippen molar-refractivity contribution < 1.29 is 19.5 Å². The zero-order valence-corrected chi connectivity index (χ0v) is 13.1. The van der Waals surface area contributed by atoms with Gasteiger partial charge < -0.3 is 15.7 Å². The highest BCUT2D eigenvalue weighted by molar-refractivity contribution is 6.00. The van der Waals surface area contributed by atoms with Crippen molar-refractivity contribution in [3.8, 4) is 0 Å². The average molecular weight is 306 g/mol. The maximum atomic E-state index is 12.1. The molecule has 0 aliphatic heterocycles. The fourth-order valence-corrected chi connectivity index (χ4v) is 1.88. The quantitative estimate of drug-likeness (QED) is 0.714. The van der Waals surface area contributed by atoms with Gasteiger partial charge in [-0.3, -0.25) is 9.59 Å². The number of rotatable bonds is 7. The van der Waals surface area contributed by atoms with Crippen molar-refractivity contribution in [1.82, 2.24) is 10.6 Å². The Bertz CT molecular complexity index is 555. The summed E-state index contributed by atoms with van der Waals surface area (Å²) < 4.78 is 0. The molecular weight excluding hydrogens is 284 g/mol. The van der Waals surface area contributed by atoms with Crippen molar-refractivity contribution >= 4 is 17.8 Å². The first-order valence-electron chi connectivity index (χ1n) is 7.28. The summed E-state index contributed by atoms with van der Waals surface area (Å²) in [4.78, 5) is 35.1. The fraction of sp³-hybridized carbons (Fsp3) is 0.438. The zero-order valence-electron chi connectivity index (χ0n) is 13.1. The molecule has 22 heavy (non-hydrogen) atoms. The Morgan fingerprint density at radius 3 is 2.23 bits per heavy atom. The largest absolute Gasteiger partial charge is 0.480 e. The van der Waals surface area contributed by atoms with Crippen molar-refractivity contribution in [2.75, 3.05) is 6.54 Å². The normalized spacial score (nSPS) is 11.8. The highest BCUT2D eigenvalue weighted by Crippen LogP contribution is 2.08. The van der Waals surface area contributed by atoms with E-state index in [1.165, 1.54) is 6.07 Å². The molecule has 2 amide bonds. The van der Waals surface area contributed by atoms with Crippen molar-refractivity contribution in [2.24, 2.45) is 5.92 Å². The van der Waals surface area contributed by atoms with Crippen LogP contribution in [0.15, 0.2) is 24.3 Å². The predicted octanol–water partition coefficient (Wildman–Crippen LogP) is 1.67. The number of nitrogens with one attached hydrogen (secondary N) is 2. The van der Waals surface area contributed by atoms with E-state index in [4.69, 9.17) is 5.11 Å². The zero-order chi connectivity index (χ0) is 16.7. The van der Waals surface area contributed by atoms with Gasteiger partial charge in [0, 0.05) is 17.7 Å². The Labute approximate surface area is 129 Å². The molecule has 0 saturated carbocycles. The van der Waals surface area contributed by atoms with Gasteiger partial charge in [0.1, 0.15) is 6.04 Å². The Balaban J connectivity index is 2.86. The lowest BCUT2D eigenvalue weighted by molar-refractivity contribution is -0.140. The summed E-state index contributed by atoms with van der Waals surface area (Å²) in [5.74, 6) is -2.08. The third-order valence-electron chi connectivity index (χ3n) is 3.14. The summed E-state index contributed by atoms with van der Waals surface area (Å²) in [5, 5.41) is 14.3. The molecular formula is C16H22N2O4. The van der Waals surface area contributed by atoms with E-state index < -0.39 is 17.9 Å². The Kier molecular flexibility index (Phi) is 6.56. The summed E-state index contributed by atoms with van der Waals surface area (Å²) in [7, 11) is 0. The van der Waals surface area contributed by atoms with E-state index in [-0.39, 0.29) is 17.4 Å². The van der Waals surface area contributed by atoms with Crippen LogP contribution < -0.4 is 10.6 Å². The Morgan fingerprint density at radius 1 is 1.14 bits per heavy atom. The second-order valence-electron chi connectivity index (χ2n) is 5.37. The Morgan fingerprint density at radius 2 is 1.73 bits per heavy atom. The first-order valence-corrected chi connectivity index (χ1v) is 7.28. The minimum Gasteiger partial charge on any atom is -0.480 e. The van der Waals surface area contributed by atoms with E-state index in [0.29, 0.717) is 12.1 Å². The van der Waals surface area contributed by atoms with Gasteiger partial charge >= 0.3 is 5.97 Å². The molecule has 0 fully saturated rings. The monoisotopic (exact) mass is 306 g/mol. The number of aliphatic carboxylic acids is 1. The molecule has 1 aromatic rings. The Hall–Kier alpha value is -2.37. The fourth-order valence-electron chi connectivity index (χ4n) is 1.88. The standard InChI is InChI=1S/C16H22N2O4/c1-4-8-17-14(19)11-6-5-7-12(9-11)15(20)18-13(10(2)3)16(21)22/h5-7,9-10,13H,4,8H2,1-3H3,(H,17,19)(H,18,20)(H,21,22)/t13-/m1/s1. The van der Waals surface area contributed by atoms with Crippen LogP contribution in [0.25, 0.3) is 0 Å². The van der Waals surface area contributed by atoms with E-state index in [2.05, 4.69) is 10.6 Å². The van der Waals surface area contributed by atoms with E-state index in [9.17, 15) is 14.4 Å². The van der Waals surface area contributed by atoms with Crippen LogP contribution in [0.1, 0.15) is 47.9 Å². The molecule has 1 atom stereocenters. The molecule has 0 aromatic heterocycles. The van der Waals surface area contributed by atoms with Gasteiger partial charge in [-0.15, -0.1) is 0 Å². The van der Waals surface area contributed by atoms with Crippen LogP contribution in [0, 0.1) is 5.92 Å². The molecule has 1 aromatic carbocycles. The van der Waals surface area contributed by atoms with Crippen LogP contribution >= 0.6 is 0 Å². The minimum atomic E-state index is -1.08. The average Bonchev–Trinajstić information content (AvgIpc) is 2.49. The van der Waals surface area contributed by atoms with Crippen LogP contribution in [-0.2, 0) is 4.79 Å². The van der Waals surface area contributed by atoms with E-state index in [0.717, 1.165) is 6.42 Å². The number of amides is 2. The topological polar surface area (TPSA) is 95.5 Å². The SMILES string of the molecule is CCCNC(=O)c1cccc(C(=O)N[C@@H](C(=O)O)C(C)C)c1. The maximum absolute atomic E-state index is 12.1. The predicted molar refractivity (Wildman–Crippen MR) is 82.8 cm³/mol. The van der Waals surface area contributed by atoms with Crippen molar-refractivity contribution in [1.29, 1.82) is 0 Å². The molecule has 0 radical (unpaired) electrons. The van der Waals surface area contributed by atoms with Crippen LogP contribution in [0.3, 0.4) is 0 Å². The molecule has 0 unspecified atom stereocenters. The number of hydrogen-bond donors (Lipinski definition) is 3. The van der Waals surface area contributed by atoms with Gasteiger partial charge in [0.2, 0.25) is 0 Å². The van der Waals surface area contributed by atoms with Gasteiger partial charge in [-0.1, -0.05) is 26.8 Å². The van der Waals surface area contributed by atoms with Crippen LogP contribution in [-0.4, -0.2) is 35.5 Å². The van der Waals surface area contributed by atoms with Gasteiger partial charge in [-0.25, -0.2) is 4.79 Å². The van der Waals surface area contributed by atoms with E-state index in [1.54, 1.807) is 32.0 Å². The molecule has 1 rings (SSSR count). The molecule has 0 spiro atoms. The maximum Gasteiger partial charge on any atom is 0.326 e. The van der Waals surface area contributed by atoms with Crippen molar-refractivity contribution in [3.05, 3.63) is 35.4 Å². The molecule has 3 N–H and O–H groups in total. The van der Waals surface area contributed by atoms with Gasteiger partial charge in [0.25, 0.3) is 11.8 Å². The number of carboxylic acids is 1. The highest BCUT2D eigenvalue weighted by Gasteiger charge is 2.24. The lowest BCUT2D eigenvalue weighted by Gasteiger charge is -2.18. The molecule has 6 heteroatoms. The summed E-state index contributed by atoms with van der Waals surface area (Å²) in [6.07, 6.45) is 0.820. The summed E-state index contributed by atoms with van der Waals surface area (Å²) >= 11 is 0. The summed E-state index contributed by atoms with van der Waals surface area (Å²) in [5.41, 5.74) is 0.633. The third kappa shape index (κ3) is 4.87. The second kappa shape index (κ2) is 8.17. The molecule has 120 valence electrons. The summed E-state index contributed by atoms with van der Waals surface area (Å²) in [6.45, 7) is 5.94. The van der Waals surface area contributed by atoms with Crippen molar-refractivity contribution in [2.45, 2.75) is 33.2 Å². The number of carbonyl (C=O) groups is 3. The van der Waals surface area contributed by atoms with Crippen LogP contribution in [0.2, 0.25) is 0 Å². The third-order valence-corrected chi connectivity index (χ3v) is 3.14. The lowest BCUT2D eigenvalue weighted by atomic mass is 10.0. The second-order valence-corrected chi connectivity index (χ2v) is 5.37. The molecule has 0 saturated heterocycles. The van der Waals surface area contributed by atoms with Crippen LogP contribution in [0.4, 0.5) is 0 Å².